The lowest BCUT2D eigenvalue weighted by atomic mass is 10.2. The second-order valence-corrected chi connectivity index (χ2v) is 7.97. The lowest BCUT2D eigenvalue weighted by Gasteiger charge is -2.19. The van der Waals surface area contributed by atoms with E-state index in [1.807, 2.05) is 26.8 Å². The summed E-state index contributed by atoms with van der Waals surface area (Å²) < 4.78 is 12.3. The Balaban J connectivity index is 1.66. The van der Waals surface area contributed by atoms with Crippen LogP contribution in [0, 0.1) is 0 Å². The van der Waals surface area contributed by atoms with Gasteiger partial charge in [-0.25, -0.2) is 24.3 Å². The van der Waals surface area contributed by atoms with Crippen LogP contribution in [-0.4, -0.2) is 44.4 Å². The molecule has 2 heterocycles. The quantitative estimate of drug-likeness (QED) is 0.668. The molecule has 0 bridgehead atoms. The monoisotopic (exact) mass is 396 g/mol. The first kappa shape index (κ1) is 19.0. The van der Waals surface area contributed by atoms with Gasteiger partial charge >= 0.3 is 6.09 Å². The van der Waals surface area contributed by atoms with Crippen LogP contribution in [0.4, 0.5) is 22.1 Å². The van der Waals surface area contributed by atoms with Gasteiger partial charge in [-0.1, -0.05) is 0 Å². The molecule has 1 aliphatic carbocycles. The number of nitrogens with zero attached hydrogens (tertiary/aromatic N) is 4. The van der Waals surface area contributed by atoms with E-state index in [-0.39, 0.29) is 0 Å². The van der Waals surface area contributed by atoms with Crippen LogP contribution in [0.3, 0.4) is 0 Å². The van der Waals surface area contributed by atoms with Crippen LogP contribution < -0.4 is 15.4 Å². The fraction of sp³-hybridized carbons (Fsp3) is 0.400. The van der Waals surface area contributed by atoms with Gasteiger partial charge in [0.05, 0.1) is 23.8 Å². The molecule has 1 aromatic carbocycles. The van der Waals surface area contributed by atoms with E-state index in [4.69, 9.17) is 9.47 Å². The van der Waals surface area contributed by atoms with Crippen molar-refractivity contribution in [1.29, 1.82) is 0 Å². The minimum Gasteiger partial charge on any atom is -0.494 e. The van der Waals surface area contributed by atoms with Crippen molar-refractivity contribution < 1.29 is 14.3 Å². The van der Waals surface area contributed by atoms with E-state index in [0.717, 1.165) is 18.7 Å². The number of nitrogens with one attached hydrogen (secondary N) is 2. The fourth-order valence-electron chi connectivity index (χ4n) is 2.84. The molecule has 29 heavy (non-hydrogen) atoms. The first-order chi connectivity index (χ1) is 13.8. The van der Waals surface area contributed by atoms with E-state index in [2.05, 4.69) is 25.6 Å². The van der Waals surface area contributed by atoms with Crippen LogP contribution in [-0.2, 0) is 4.74 Å². The minimum absolute atomic E-state index is 0.492. The molecule has 0 amide bonds. The Morgan fingerprint density at radius 1 is 1.14 bits per heavy atom. The summed E-state index contributed by atoms with van der Waals surface area (Å²) in [7, 11) is 1.58. The van der Waals surface area contributed by atoms with Gasteiger partial charge in [-0.2, -0.15) is 0 Å². The average Bonchev–Trinajstić information content (AvgIpc) is 3.36. The number of hydrogen-bond acceptors (Lipinski definition) is 8. The Hall–Kier alpha value is -3.36. The number of anilines is 3. The van der Waals surface area contributed by atoms with E-state index in [9.17, 15) is 4.79 Å². The molecular weight excluding hydrogens is 372 g/mol. The fourth-order valence-corrected chi connectivity index (χ4v) is 2.84. The van der Waals surface area contributed by atoms with Gasteiger partial charge in [-0.15, -0.1) is 0 Å². The molecule has 9 heteroatoms. The lowest BCUT2D eigenvalue weighted by Crippen LogP contribution is -2.26. The molecule has 2 N–H and O–H groups in total. The Bertz CT molecular complexity index is 1050. The SMILES string of the molecule is COc1cc2ncn(C(=O)OC(C)(C)C)c2cc1Nc1cc(NC2CC2)ncn1. The normalized spacial score (nSPS) is 13.9. The Kier molecular flexibility index (Phi) is 4.73. The third-order valence-electron chi connectivity index (χ3n) is 4.32. The van der Waals surface area contributed by atoms with Gasteiger partial charge in [0.2, 0.25) is 0 Å². The van der Waals surface area contributed by atoms with Crippen LogP contribution in [0.25, 0.3) is 11.0 Å². The molecule has 9 nitrogen and oxygen atoms in total. The van der Waals surface area contributed by atoms with E-state index < -0.39 is 11.7 Å². The zero-order chi connectivity index (χ0) is 20.6. The van der Waals surface area contributed by atoms with E-state index >= 15 is 0 Å². The largest absolute Gasteiger partial charge is 0.494 e. The van der Waals surface area contributed by atoms with Gasteiger partial charge in [0.1, 0.15) is 35.6 Å². The van der Waals surface area contributed by atoms with Crippen LogP contribution >= 0.6 is 0 Å². The van der Waals surface area contributed by atoms with E-state index in [0.29, 0.717) is 34.3 Å². The smallest absolute Gasteiger partial charge is 0.420 e. The maximum atomic E-state index is 12.5. The number of aromatic nitrogens is 4. The van der Waals surface area contributed by atoms with Crippen molar-refractivity contribution >= 4 is 34.4 Å². The summed E-state index contributed by atoms with van der Waals surface area (Å²) >= 11 is 0. The van der Waals surface area contributed by atoms with Crippen LogP contribution in [0.1, 0.15) is 33.6 Å². The van der Waals surface area contributed by atoms with Gasteiger partial charge in [-0.3, -0.25) is 0 Å². The zero-order valence-corrected chi connectivity index (χ0v) is 16.9. The van der Waals surface area contributed by atoms with Crippen molar-refractivity contribution in [2.24, 2.45) is 0 Å². The second kappa shape index (κ2) is 7.23. The summed E-state index contributed by atoms with van der Waals surface area (Å²) in [5, 5.41) is 6.59. The molecule has 1 fully saturated rings. The minimum atomic E-state index is -0.604. The highest BCUT2D eigenvalue weighted by molar-refractivity contribution is 5.91. The van der Waals surface area contributed by atoms with Gasteiger partial charge in [-0.05, 0) is 39.7 Å². The van der Waals surface area contributed by atoms with Crippen molar-refractivity contribution in [1.82, 2.24) is 19.5 Å². The second-order valence-electron chi connectivity index (χ2n) is 7.97. The van der Waals surface area contributed by atoms with E-state index in [1.165, 1.54) is 17.2 Å². The van der Waals surface area contributed by atoms with Crippen molar-refractivity contribution in [2.75, 3.05) is 17.7 Å². The molecule has 1 aliphatic rings. The number of carbonyl (C=O) groups excluding carboxylic acids is 1. The van der Waals surface area contributed by atoms with Crippen LogP contribution in [0.5, 0.6) is 5.75 Å². The lowest BCUT2D eigenvalue weighted by molar-refractivity contribution is 0.0543. The molecular formula is C20H24N6O3. The predicted octanol–water partition coefficient (Wildman–Crippen LogP) is 3.94. The van der Waals surface area contributed by atoms with Crippen molar-refractivity contribution in [3.8, 4) is 5.75 Å². The summed E-state index contributed by atoms with van der Waals surface area (Å²) in [5.41, 5.74) is 1.28. The number of benzene rings is 1. The molecule has 0 atom stereocenters. The van der Waals surface area contributed by atoms with Gasteiger partial charge < -0.3 is 20.1 Å². The molecule has 2 aromatic heterocycles. The summed E-state index contributed by atoms with van der Waals surface area (Å²) in [5.74, 6) is 1.97. The predicted molar refractivity (Wildman–Crippen MR) is 110 cm³/mol. The topological polar surface area (TPSA) is 103 Å². The first-order valence-electron chi connectivity index (χ1n) is 9.46. The number of hydrogen-bond donors (Lipinski definition) is 2. The molecule has 4 rings (SSSR count). The van der Waals surface area contributed by atoms with E-state index in [1.54, 1.807) is 19.2 Å². The summed E-state index contributed by atoms with van der Waals surface area (Å²) in [6, 6.07) is 5.89. The average molecular weight is 396 g/mol. The molecule has 0 aliphatic heterocycles. The Morgan fingerprint density at radius 3 is 2.59 bits per heavy atom. The van der Waals surface area contributed by atoms with Gasteiger partial charge in [0.25, 0.3) is 0 Å². The summed E-state index contributed by atoms with van der Waals surface area (Å²) in [4.78, 5) is 25.4. The molecule has 152 valence electrons. The zero-order valence-electron chi connectivity index (χ0n) is 16.9. The molecule has 0 unspecified atom stereocenters. The standard InChI is InChI=1S/C20H24N6O3/c1-20(2,3)29-19(27)26-11-23-13-8-16(28-4)14(7-15(13)26)25-18-9-17(21-10-22-18)24-12-5-6-12/h7-12H,5-6H2,1-4H3,(H2,21,22,24,25). The maximum Gasteiger partial charge on any atom is 0.420 e. The number of fused-ring (bicyclic) bond motifs is 1. The first-order valence-corrected chi connectivity index (χ1v) is 9.46. The highest BCUT2D eigenvalue weighted by Gasteiger charge is 2.22. The molecule has 0 spiro atoms. The van der Waals surface area contributed by atoms with Crippen LogP contribution in [0.2, 0.25) is 0 Å². The van der Waals surface area contributed by atoms with Crippen molar-refractivity contribution in [3.05, 3.63) is 30.9 Å². The Labute approximate surface area is 168 Å². The number of imidazole rings is 1. The van der Waals surface area contributed by atoms with Crippen molar-refractivity contribution in [3.63, 3.8) is 0 Å². The van der Waals surface area contributed by atoms with Crippen molar-refractivity contribution in [2.45, 2.75) is 45.3 Å². The number of ether oxygens (including phenoxy) is 2. The molecule has 0 saturated heterocycles. The molecule has 0 radical (unpaired) electrons. The molecule has 3 aromatic rings. The number of rotatable bonds is 5. The Morgan fingerprint density at radius 2 is 1.90 bits per heavy atom. The van der Waals surface area contributed by atoms with Gasteiger partial charge in [0, 0.05) is 18.2 Å². The maximum absolute atomic E-state index is 12.5. The third kappa shape index (κ3) is 4.39. The van der Waals surface area contributed by atoms with Gasteiger partial charge in [0.15, 0.2) is 0 Å². The van der Waals surface area contributed by atoms with Crippen LogP contribution in [0.15, 0.2) is 30.9 Å². The summed E-state index contributed by atoms with van der Waals surface area (Å²) in [6.07, 6.45) is 4.78. The highest BCUT2D eigenvalue weighted by atomic mass is 16.6. The number of carbonyl (C=O) groups is 1. The number of methoxy groups -OCH3 is 1. The third-order valence-corrected chi connectivity index (χ3v) is 4.32. The summed E-state index contributed by atoms with van der Waals surface area (Å²) in [6.45, 7) is 5.47. The molecule has 1 saturated carbocycles. The highest BCUT2D eigenvalue weighted by Crippen LogP contribution is 2.32.